The molecule has 0 aromatic heterocycles. The molecule has 0 heterocycles. The predicted octanol–water partition coefficient (Wildman–Crippen LogP) is 1.00. The molecule has 6 nitrogen and oxygen atoms in total. The van der Waals surface area contributed by atoms with Crippen LogP contribution in [0.1, 0.15) is 13.8 Å². The van der Waals surface area contributed by atoms with E-state index in [0.29, 0.717) is 0 Å². The van der Waals surface area contributed by atoms with Crippen LogP contribution in [0, 0.1) is 5.92 Å². The fourth-order valence-electron chi connectivity index (χ4n) is 1.04. The predicted molar refractivity (Wildman–Crippen MR) is 61.1 cm³/mol. The maximum Gasteiger partial charge on any atom is 0.469 e. The summed E-state index contributed by atoms with van der Waals surface area (Å²) in [6, 6.07) is 0. The van der Waals surface area contributed by atoms with E-state index in [1.165, 1.54) is 13.8 Å². The Labute approximate surface area is 99.2 Å². The van der Waals surface area contributed by atoms with E-state index in [1.807, 2.05) is 0 Å². The average Bonchev–Trinajstić information content (AvgIpc) is 2.15. The molecule has 96 valence electrons. The lowest BCUT2D eigenvalue weighted by Crippen LogP contribution is -2.29. The van der Waals surface area contributed by atoms with E-state index < -0.39 is 31.9 Å². The monoisotopic (exact) mass is 262 g/mol. The summed E-state index contributed by atoms with van der Waals surface area (Å²) in [5.41, 5.74) is 0.220. The maximum absolute atomic E-state index is 11.6. The second-order valence-electron chi connectivity index (χ2n) is 3.63. The molecule has 0 radical (unpaired) electrons. The molecule has 0 rings (SSSR count). The normalized spacial score (nSPS) is 11.4. The molecule has 0 aliphatic carbocycles. The lowest BCUT2D eigenvalue weighted by molar-refractivity contribution is -0.129. The van der Waals surface area contributed by atoms with Crippen LogP contribution in [-0.4, -0.2) is 28.0 Å². The van der Waals surface area contributed by atoms with Crippen LogP contribution in [0.25, 0.3) is 0 Å². The van der Waals surface area contributed by atoms with Gasteiger partial charge in [0, 0.05) is 0 Å². The molecule has 0 aromatic rings. The van der Waals surface area contributed by atoms with Crippen LogP contribution in [0.5, 0.6) is 0 Å². The van der Waals surface area contributed by atoms with Crippen LogP contribution in [0.2, 0.25) is 0 Å². The Kier molecular flexibility index (Phi) is 5.64. The highest BCUT2D eigenvalue weighted by Crippen LogP contribution is 2.36. The van der Waals surface area contributed by atoms with Crippen LogP contribution in [0.3, 0.4) is 0 Å². The lowest BCUT2D eigenvalue weighted by atomic mass is 9.92. The molecule has 0 saturated carbocycles. The van der Waals surface area contributed by atoms with Gasteiger partial charge in [-0.15, -0.1) is 0 Å². The zero-order valence-electron chi connectivity index (χ0n) is 9.67. The third-order valence-corrected chi connectivity index (χ3v) is 2.37. The van der Waals surface area contributed by atoms with E-state index in [9.17, 15) is 14.2 Å². The molecule has 2 N–H and O–H groups in total. The van der Waals surface area contributed by atoms with Crippen molar-refractivity contribution in [2.75, 3.05) is 6.61 Å². The van der Waals surface area contributed by atoms with Gasteiger partial charge in [-0.25, -0.2) is 4.57 Å². The van der Waals surface area contributed by atoms with Crippen molar-refractivity contribution in [3.8, 4) is 0 Å². The first-order chi connectivity index (χ1) is 7.56. The molecule has 0 bridgehead atoms. The largest absolute Gasteiger partial charge is 0.469 e. The fraction of sp³-hybridized carbons (Fsp3) is 0.400. The van der Waals surface area contributed by atoms with Crippen molar-refractivity contribution in [3.05, 3.63) is 24.3 Å². The van der Waals surface area contributed by atoms with Crippen molar-refractivity contribution in [2.45, 2.75) is 13.8 Å². The van der Waals surface area contributed by atoms with Crippen LogP contribution < -0.4 is 0 Å². The molecule has 0 fully saturated rings. The summed E-state index contributed by atoms with van der Waals surface area (Å²) < 4.78 is 14.7. The van der Waals surface area contributed by atoms with Gasteiger partial charge in [-0.3, -0.25) is 14.1 Å². The minimum atomic E-state index is -4.72. The van der Waals surface area contributed by atoms with Gasteiger partial charge in [0.15, 0.2) is 11.6 Å². The van der Waals surface area contributed by atoms with E-state index >= 15 is 0 Å². The van der Waals surface area contributed by atoms with Crippen molar-refractivity contribution in [1.29, 1.82) is 0 Å². The Balaban J connectivity index is 4.94. The topological polar surface area (TPSA) is 101 Å². The number of phosphoric acid groups is 1. The summed E-state index contributed by atoms with van der Waals surface area (Å²) in [6.45, 7) is 8.87. The Bertz CT molecular complexity index is 379. The molecular weight excluding hydrogens is 247 g/mol. The summed E-state index contributed by atoms with van der Waals surface area (Å²) in [6.07, 6.45) is 0. The third-order valence-electron chi connectivity index (χ3n) is 1.88. The summed E-state index contributed by atoms with van der Waals surface area (Å²) in [7, 11) is -4.72. The summed E-state index contributed by atoms with van der Waals surface area (Å²) in [4.78, 5) is 40.3. The van der Waals surface area contributed by atoms with Gasteiger partial charge in [-0.05, 0) is 25.0 Å². The van der Waals surface area contributed by atoms with E-state index in [-0.39, 0.29) is 11.1 Å². The summed E-state index contributed by atoms with van der Waals surface area (Å²) >= 11 is 0. The molecular formula is C10H15O6P. The van der Waals surface area contributed by atoms with E-state index in [4.69, 9.17) is 9.79 Å². The van der Waals surface area contributed by atoms with Gasteiger partial charge in [0.25, 0.3) is 0 Å². The smallest absolute Gasteiger partial charge is 0.303 e. The number of hydrogen-bond donors (Lipinski definition) is 2. The Morgan fingerprint density at radius 2 is 1.53 bits per heavy atom. The highest BCUT2D eigenvalue weighted by molar-refractivity contribution is 7.46. The number of hydrogen-bond acceptors (Lipinski definition) is 4. The first-order valence-corrected chi connectivity index (χ1v) is 6.19. The van der Waals surface area contributed by atoms with Gasteiger partial charge in [-0.2, -0.15) is 0 Å². The Hall–Kier alpha value is -1.07. The molecule has 0 aliphatic rings. The molecule has 17 heavy (non-hydrogen) atoms. The standard InChI is InChI=1S/C10H15O6P/c1-6(2)9(11)8(10(12)7(3)4)5-16-17(13,14)15/h8H,1,3,5H2,2,4H3,(H2,13,14,15). The number of carbonyl (C=O) groups excluding carboxylic acids is 2. The fourth-order valence-corrected chi connectivity index (χ4v) is 1.38. The molecule has 0 spiro atoms. The highest BCUT2D eigenvalue weighted by Gasteiger charge is 2.30. The zero-order valence-corrected chi connectivity index (χ0v) is 10.6. The number of ketones is 2. The van der Waals surface area contributed by atoms with Gasteiger partial charge in [0.2, 0.25) is 0 Å². The molecule has 0 aromatic carbocycles. The first kappa shape index (κ1) is 15.9. The summed E-state index contributed by atoms with van der Waals surface area (Å²) in [5, 5.41) is 0. The van der Waals surface area contributed by atoms with Crippen LogP contribution in [0.15, 0.2) is 24.3 Å². The van der Waals surface area contributed by atoms with Crippen molar-refractivity contribution in [3.63, 3.8) is 0 Å². The van der Waals surface area contributed by atoms with Crippen LogP contribution in [0.4, 0.5) is 0 Å². The first-order valence-electron chi connectivity index (χ1n) is 4.65. The number of Topliss-reactive ketones (excluding diaryl/α,β-unsaturated/α-hetero) is 2. The Morgan fingerprint density at radius 3 is 1.76 bits per heavy atom. The lowest BCUT2D eigenvalue weighted by Gasteiger charge is -2.15. The summed E-state index contributed by atoms with van der Waals surface area (Å²) in [5.74, 6) is -2.55. The number of phosphoric ester groups is 1. The van der Waals surface area contributed by atoms with Crippen molar-refractivity contribution in [2.24, 2.45) is 5.92 Å². The third kappa shape index (κ3) is 5.70. The number of rotatable bonds is 7. The minimum Gasteiger partial charge on any atom is -0.303 e. The average molecular weight is 262 g/mol. The quantitative estimate of drug-likeness (QED) is 0.403. The van der Waals surface area contributed by atoms with Gasteiger partial charge >= 0.3 is 7.82 Å². The molecule has 0 saturated heterocycles. The molecule has 0 unspecified atom stereocenters. The molecule has 0 amide bonds. The molecule has 7 heteroatoms. The second-order valence-corrected chi connectivity index (χ2v) is 4.87. The Morgan fingerprint density at radius 1 is 1.18 bits per heavy atom. The maximum atomic E-state index is 11.6. The van der Waals surface area contributed by atoms with Gasteiger partial charge in [0.1, 0.15) is 5.92 Å². The van der Waals surface area contributed by atoms with Crippen molar-refractivity contribution in [1.82, 2.24) is 0 Å². The van der Waals surface area contributed by atoms with E-state index in [1.54, 1.807) is 0 Å². The van der Waals surface area contributed by atoms with Crippen molar-refractivity contribution < 1.29 is 28.5 Å². The number of allylic oxidation sites excluding steroid dienone is 2. The molecule has 0 atom stereocenters. The van der Waals surface area contributed by atoms with Gasteiger partial charge < -0.3 is 9.79 Å². The van der Waals surface area contributed by atoms with Crippen molar-refractivity contribution >= 4 is 19.4 Å². The van der Waals surface area contributed by atoms with E-state index in [0.717, 1.165) is 0 Å². The SMILES string of the molecule is C=C(C)C(=O)C(COP(=O)(O)O)C(=O)C(=C)C. The zero-order chi connectivity index (χ0) is 13.8. The number of carbonyl (C=O) groups is 2. The van der Waals surface area contributed by atoms with Gasteiger partial charge in [-0.1, -0.05) is 13.2 Å². The van der Waals surface area contributed by atoms with Crippen LogP contribution in [-0.2, 0) is 18.7 Å². The second kappa shape index (κ2) is 6.02. The van der Waals surface area contributed by atoms with Gasteiger partial charge in [0.05, 0.1) is 6.61 Å². The minimum absolute atomic E-state index is 0.110. The van der Waals surface area contributed by atoms with Crippen LogP contribution >= 0.6 is 7.82 Å². The molecule has 0 aliphatic heterocycles. The highest BCUT2D eigenvalue weighted by atomic mass is 31.2. The van der Waals surface area contributed by atoms with E-state index in [2.05, 4.69) is 17.7 Å².